The molecule has 0 saturated carbocycles. The van der Waals surface area contributed by atoms with Crippen LogP contribution in [-0.4, -0.2) is 0 Å². The van der Waals surface area contributed by atoms with E-state index in [4.69, 9.17) is 23.2 Å². The predicted octanol–water partition coefficient (Wildman–Crippen LogP) is 4.03. The van der Waals surface area contributed by atoms with E-state index >= 15 is 0 Å². The molecule has 0 saturated heterocycles. The van der Waals surface area contributed by atoms with Crippen molar-refractivity contribution in [1.29, 1.82) is 0 Å². The smallest absolute Gasteiger partial charge is 0.178 e. The molecule has 1 rings (SSSR count). The molecule has 0 aromatic heterocycles. The molecule has 1 aromatic carbocycles. The molecule has 0 aliphatic heterocycles. The number of hydrogen-bond acceptors (Lipinski definition) is 0. The lowest BCUT2D eigenvalue weighted by molar-refractivity contribution is 0.508. The fourth-order valence-electron chi connectivity index (χ4n) is 0.544. The van der Waals surface area contributed by atoms with Gasteiger partial charge in [0.15, 0.2) is 11.6 Å². The summed E-state index contributed by atoms with van der Waals surface area (Å²) >= 11 is 13.7. The van der Waals surface area contributed by atoms with Gasteiger partial charge < -0.3 is 0 Å². The van der Waals surface area contributed by atoms with Crippen molar-refractivity contribution in [2.24, 2.45) is 0 Å². The lowest BCUT2D eigenvalue weighted by Gasteiger charge is -2.00. The molecule has 0 N–H and O–H groups in total. The van der Waals surface area contributed by atoms with Crippen molar-refractivity contribution in [3.05, 3.63) is 32.2 Å². The lowest BCUT2D eigenvalue weighted by Crippen LogP contribution is -1.86. The second-order valence-corrected chi connectivity index (χ2v) is 3.39. The van der Waals surface area contributed by atoms with Crippen molar-refractivity contribution in [3.63, 3.8) is 0 Å². The topological polar surface area (TPSA) is 0 Å². The highest BCUT2D eigenvalue weighted by atomic mass is 79.9. The van der Waals surface area contributed by atoms with Gasteiger partial charge in [-0.15, -0.1) is 0 Å². The molecule has 0 spiro atoms. The van der Waals surface area contributed by atoms with Crippen LogP contribution in [0.3, 0.4) is 0 Å². The molecule has 0 aliphatic carbocycles. The van der Waals surface area contributed by atoms with E-state index in [1.807, 2.05) is 0 Å². The van der Waals surface area contributed by atoms with Gasteiger partial charge >= 0.3 is 0 Å². The first-order chi connectivity index (χ1) is 5.04. The molecule has 0 radical (unpaired) electrons. The third-order valence-corrected chi connectivity index (χ3v) is 2.76. The predicted molar refractivity (Wildman–Crippen MR) is 44.1 cm³/mol. The van der Waals surface area contributed by atoms with Crippen LogP contribution < -0.4 is 0 Å². The zero-order valence-corrected chi connectivity index (χ0v) is 8.07. The molecule has 5 heteroatoms. The van der Waals surface area contributed by atoms with Gasteiger partial charge in [-0.2, -0.15) is 0 Å². The van der Waals surface area contributed by atoms with Gasteiger partial charge in [-0.3, -0.25) is 0 Å². The third kappa shape index (κ3) is 1.66. The van der Waals surface area contributed by atoms with Crippen LogP contribution in [0.2, 0.25) is 10.0 Å². The average Bonchev–Trinajstić information content (AvgIpc) is 1.97. The second-order valence-electron chi connectivity index (χ2n) is 1.78. The highest BCUT2D eigenvalue weighted by molar-refractivity contribution is 9.10. The van der Waals surface area contributed by atoms with Crippen molar-refractivity contribution in [1.82, 2.24) is 0 Å². The van der Waals surface area contributed by atoms with E-state index in [-0.39, 0.29) is 9.50 Å². The first kappa shape index (κ1) is 9.23. The lowest BCUT2D eigenvalue weighted by atomic mass is 10.3. The standard InChI is InChI=1S/C6HBrCl2F2/c7-2-1-3(10)6(11)5(9)4(2)8/h1H. The largest absolute Gasteiger partial charge is 0.204 e. The third-order valence-electron chi connectivity index (χ3n) is 1.06. The highest BCUT2D eigenvalue weighted by Crippen LogP contribution is 2.33. The Labute approximate surface area is 80.2 Å². The van der Waals surface area contributed by atoms with Gasteiger partial charge in [-0.25, -0.2) is 8.78 Å². The maximum absolute atomic E-state index is 12.6. The monoisotopic (exact) mass is 260 g/mol. The summed E-state index contributed by atoms with van der Waals surface area (Å²) in [5, 5.41) is -0.427. The van der Waals surface area contributed by atoms with E-state index in [9.17, 15) is 8.78 Å². The Morgan fingerprint density at radius 2 is 1.73 bits per heavy atom. The van der Waals surface area contributed by atoms with Crippen molar-refractivity contribution in [2.45, 2.75) is 0 Å². The first-order valence-corrected chi connectivity index (χ1v) is 4.07. The van der Waals surface area contributed by atoms with Crippen LogP contribution in [0.4, 0.5) is 8.78 Å². The van der Waals surface area contributed by atoms with Crippen molar-refractivity contribution in [2.75, 3.05) is 0 Å². The Kier molecular flexibility index (Phi) is 2.73. The van der Waals surface area contributed by atoms with Crippen LogP contribution in [0.15, 0.2) is 10.5 Å². The fourth-order valence-corrected chi connectivity index (χ4v) is 1.39. The van der Waals surface area contributed by atoms with Crippen LogP contribution in [0, 0.1) is 11.6 Å². The minimum atomic E-state index is -1.13. The van der Waals surface area contributed by atoms with Crippen LogP contribution in [-0.2, 0) is 0 Å². The van der Waals surface area contributed by atoms with Crippen LogP contribution in [0.25, 0.3) is 0 Å². The summed E-state index contributed by atoms with van der Waals surface area (Å²) in [4.78, 5) is 0. The second kappa shape index (κ2) is 3.25. The Morgan fingerprint density at radius 3 is 2.27 bits per heavy atom. The molecule has 0 bridgehead atoms. The molecule has 60 valence electrons. The molecular weight excluding hydrogens is 261 g/mol. The molecule has 0 unspecified atom stereocenters. The SMILES string of the molecule is Fc1cc(Br)c(Cl)c(Cl)c1F. The summed E-state index contributed by atoms with van der Waals surface area (Å²) in [5.41, 5.74) is 0. The molecule has 1 aromatic rings. The molecule has 0 fully saturated rings. The van der Waals surface area contributed by atoms with E-state index in [2.05, 4.69) is 15.9 Å². The Balaban J connectivity index is 3.46. The van der Waals surface area contributed by atoms with E-state index in [0.717, 1.165) is 6.07 Å². The molecule has 0 aliphatic rings. The average molecular weight is 262 g/mol. The number of benzene rings is 1. The number of hydrogen-bond donors (Lipinski definition) is 0. The van der Waals surface area contributed by atoms with E-state index in [1.54, 1.807) is 0 Å². The Bertz CT molecular complexity index is 275. The number of rotatable bonds is 0. The quantitative estimate of drug-likeness (QED) is 0.489. The summed E-state index contributed by atoms with van der Waals surface area (Å²) in [7, 11) is 0. The van der Waals surface area contributed by atoms with Gasteiger partial charge in [-0.1, -0.05) is 23.2 Å². The van der Waals surface area contributed by atoms with Gasteiger partial charge in [0.25, 0.3) is 0 Å². The van der Waals surface area contributed by atoms with Crippen LogP contribution in [0.1, 0.15) is 0 Å². The molecule has 0 amide bonds. The van der Waals surface area contributed by atoms with E-state index in [0.29, 0.717) is 0 Å². The minimum Gasteiger partial charge on any atom is -0.204 e. The summed E-state index contributed by atoms with van der Waals surface area (Å²) in [5.74, 6) is -2.15. The maximum Gasteiger partial charge on any atom is 0.178 e. The van der Waals surface area contributed by atoms with Gasteiger partial charge in [0.05, 0.1) is 10.0 Å². The fraction of sp³-hybridized carbons (Fsp3) is 0. The maximum atomic E-state index is 12.6. The van der Waals surface area contributed by atoms with Crippen molar-refractivity contribution >= 4 is 39.1 Å². The zero-order chi connectivity index (χ0) is 8.59. The number of halogens is 5. The summed E-state index contributed by atoms with van der Waals surface area (Å²) in [6, 6.07) is 0.920. The molecule has 0 nitrogen and oxygen atoms in total. The molecule has 0 heterocycles. The Morgan fingerprint density at radius 1 is 1.18 bits per heavy atom. The highest BCUT2D eigenvalue weighted by Gasteiger charge is 2.13. The van der Waals surface area contributed by atoms with Gasteiger partial charge in [-0.05, 0) is 22.0 Å². The summed E-state index contributed by atoms with van der Waals surface area (Å²) in [6.07, 6.45) is 0. The molecule has 0 atom stereocenters. The van der Waals surface area contributed by atoms with E-state index in [1.165, 1.54) is 0 Å². The summed E-state index contributed by atoms with van der Waals surface area (Å²) in [6.45, 7) is 0. The van der Waals surface area contributed by atoms with Crippen molar-refractivity contribution in [3.8, 4) is 0 Å². The van der Waals surface area contributed by atoms with Gasteiger partial charge in [0.2, 0.25) is 0 Å². The van der Waals surface area contributed by atoms with Crippen LogP contribution >= 0.6 is 39.1 Å². The Hall–Kier alpha value is 0.140. The van der Waals surface area contributed by atoms with E-state index < -0.39 is 16.7 Å². The molecular formula is C6HBrCl2F2. The minimum absolute atomic E-state index is 0.0226. The van der Waals surface area contributed by atoms with Gasteiger partial charge in [0.1, 0.15) is 0 Å². The summed E-state index contributed by atoms with van der Waals surface area (Å²) < 4.78 is 25.3. The zero-order valence-electron chi connectivity index (χ0n) is 4.97. The van der Waals surface area contributed by atoms with Crippen molar-refractivity contribution < 1.29 is 8.78 Å². The van der Waals surface area contributed by atoms with Gasteiger partial charge in [0, 0.05) is 4.47 Å². The normalized spacial score (nSPS) is 10.3. The molecule has 11 heavy (non-hydrogen) atoms. The van der Waals surface area contributed by atoms with Crippen LogP contribution in [0.5, 0.6) is 0 Å². The first-order valence-electron chi connectivity index (χ1n) is 2.52.